The maximum Gasteiger partial charge on any atom is 0.295 e. The minimum atomic E-state index is -0.670. The van der Waals surface area contributed by atoms with E-state index in [0.29, 0.717) is 23.7 Å². The van der Waals surface area contributed by atoms with E-state index in [4.69, 9.17) is 11.6 Å². The Hall–Kier alpha value is -2.63. The van der Waals surface area contributed by atoms with Crippen LogP contribution in [0.4, 0.5) is 0 Å². The molecule has 1 unspecified atom stereocenters. The maximum absolute atomic E-state index is 13.0. The molecule has 0 spiro atoms. The van der Waals surface area contributed by atoms with Gasteiger partial charge in [-0.3, -0.25) is 9.59 Å². The molecule has 0 bridgehead atoms. The molecule has 1 N–H and O–H groups in total. The van der Waals surface area contributed by atoms with Crippen molar-refractivity contribution in [2.24, 2.45) is 0 Å². The Balaban J connectivity index is 2.13. The molecule has 2 aromatic carbocycles. The third-order valence-corrected chi connectivity index (χ3v) is 5.79. The van der Waals surface area contributed by atoms with Crippen molar-refractivity contribution in [3.63, 3.8) is 0 Å². The van der Waals surface area contributed by atoms with Crippen LogP contribution < -0.4 is 0 Å². The fourth-order valence-corrected chi connectivity index (χ4v) is 3.82. The van der Waals surface area contributed by atoms with Crippen LogP contribution in [0.5, 0.6) is 0 Å². The Bertz CT molecular complexity index is 1000. The van der Waals surface area contributed by atoms with E-state index in [1.165, 1.54) is 0 Å². The molecule has 1 atom stereocenters. The molecule has 1 aliphatic rings. The van der Waals surface area contributed by atoms with E-state index >= 15 is 0 Å². The van der Waals surface area contributed by atoms with Gasteiger partial charge in [0.2, 0.25) is 0 Å². The summed E-state index contributed by atoms with van der Waals surface area (Å²) in [5.74, 6) is -1.45. The number of likely N-dealkylation sites (tertiary alicyclic amines) is 1. The number of likely N-dealkylation sites (N-methyl/N-ethyl adjacent to an activating group) is 1. The predicted molar refractivity (Wildman–Crippen MR) is 124 cm³/mol. The summed E-state index contributed by atoms with van der Waals surface area (Å²) >= 11 is 5.97. The molecule has 164 valence electrons. The molecule has 0 aliphatic carbocycles. The topological polar surface area (TPSA) is 60.9 Å². The molecule has 0 radical (unpaired) electrons. The van der Waals surface area contributed by atoms with Crippen LogP contribution in [-0.2, 0) is 15.0 Å². The van der Waals surface area contributed by atoms with Gasteiger partial charge in [0.05, 0.1) is 11.6 Å². The fourth-order valence-electron chi connectivity index (χ4n) is 3.69. The third-order valence-electron chi connectivity index (χ3n) is 5.54. The van der Waals surface area contributed by atoms with E-state index in [0.717, 1.165) is 11.1 Å². The smallest absolute Gasteiger partial charge is 0.295 e. The van der Waals surface area contributed by atoms with Crippen LogP contribution in [0.1, 0.15) is 43.5 Å². The molecule has 6 heteroatoms. The Morgan fingerprint density at radius 1 is 1.03 bits per heavy atom. The number of hydrogen-bond acceptors (Lipinski definition) is 4. The van der Waals surface area contributed by atoms with Gasteiger partial charge in [-0.05, 0) is 54.9 Å². The molecular formula is C25H29ClN2O3. The van der Waals surface area contributed by atoms with Gasteiger partial charge in [0.1, 0.15) is 5.76 Å². The molecular weight excluding hydrogens is 412 g/mol. The summed E-state index contributed by atoms with van der Waals surface area (Å²) < 4.78 is 0. The summed E-state index contributed by atoms with van der Waals surface area (Å²) in [6.45, 7) is 7.37. The lowest BCUT2D eigenvalue weighted by molar-refractivity contribution is -0.140. The second-order valence-electron chi connectivity index (χ2n) is 9.17. The van der Waals surface area contributed by atoms with Gasteiger partial charge in [0, 0.05) is 23.7 Å². The number of ketones is 1. The SMILES string of the molecule is CN(C)CCN1C(=O)C(=O)/C(=C(\O)c2ccc(Cl)cc2)C1c1ccc(C(C)(C)C)cc1. The van der Waals surface area contributed by atoms with E-state index in [9.17, 15) is 14.7 Å². The Morgan fingerprint density at radius 2 is 1.61 bits per heavy atom. The first-order valence-electron chi connectivity index (χ1n) is 10.3. The van der Waals surface area contributed by atoms with E-state index in [1.807, 2.05) is 43.3 Å². The first-order valence-corrected chi connectivity index (χ1v) is 10.7. The van der Waals surface area contributed by atoms with Gasteiger partial charge in [-0.2, -0.15) is 0 Å². The average Bonchev–Trinajstić information content (AvgIpc) is 2.96. The summed E-state index contributed by atoms with van der Waals surface area (Å²) in [7, 11) is 3.83. The van der Waals surface area contributed by atoms with E-state index in [2.05, 4.69) is 20.8 Å². The number of carbonyl (C=O) groups is 2. The second-order valence-corrected chi connectivity index (χ2v) is 9.61. The van der Waals surface area contributed by atoms with Crippen molar-refractivity contribution in [2.45, 2.75) is 32.2 Å². The zero-order valence-electron chi connectivity index (χ0n) is 18.6. The van der Waals surface area contributed by atoms with Gasteiger partial charge in [-0.1, -0.05) is 56.6 Å². The summed E-state index contributed by atoms with van der Waals surface area (Å²) in [5, 5.41) is 11.6. The highest BCUT2D eigenvalue weighted by molar-refractivity contribution is 6.46. The van der Waals surface area contributed by atoms with Crippen LogP contribution in [0.3, 0.4) is 0 Å². The number of aliphatic hydroxyl groups is 1. The van der Waals surface area contributed by atoms with E-state index in [1.54, 1.807) is 29.2 Å². The van der Waals surface area contributed by atoms with Gasteiger partial charge in [-0.25, -0.2) is 0 Å². The lowest BCUT2D eigenvalue weighted by atomic mass is 9.85. The van der Waals surface area contributed by atoms with Gasteiger partial charge < -0.3 is 14.9 Å². The third kappa shape index (κ3) is 4.83. The quantitative estimate of drug-likeness (QED) is 0.418. The number of halogens is 1. The number of amides is 1. The monoisotopic (exact) mass is 440 g/mol. The number of benzene rings is 2. The van der Waals surface area contributed by atoms with E-state index < -0.39 is 17.7 Å². The first kappa shape index (κ1) is 23.0. The Morgan fingerprint density at radius 3 is 2.13 bits per heavy atom. The number of rotatable bonds is 5. The van der Waals surface area contributed by atoms with Crippen LogP contribution in [0.25, 0.3) is 5.76 Å². The standard InChI is InChI=1S/C25H29ClN2O3/c1-25(2,3)18-10-6-16(7-11-18)21-20(22(29)17-8-12-19(26)13-9-17)23(30)24(31)28(21)15-14-27(4)5/h6-13,21,29H,14-15H2,1-5H3/b22-20-. The van der Waals surface area contributed by atoms with Gasteiger partial charge in [0.25, 0.3) is 11.7 Å². The largest absolute Gasteiger partial charge is 0.507 e. The number of hydrogen-bond donors (Lipinski definition) is 1. The van der Waals surface area contributed by atoms with Crippen LogP contribution in [-0.4, -0.2) is 53.8 Å². The summed E-state index contributed by atoms with van der Waals surface area (Å²) in [5.41, 5.74) is 2.48. The van der Waals surface area contributed by atoms with Crippen molar-refractivity contribution in [3.05, 3.63) is 75.8 Å². The van der Waals surface area contributed by atoms with Crippen LogP contribution >= 0.6 is 11.6 Å². The molecule has 1 fully saturated rings. The average molecular weight is 441 g/mol. The highest BCUT2D eigenvalue weighted by Gasteiger charge is 2.45. The van der Waals surface area contributed by atoms with Crippen LogP contribution in [0.15, 0.2) is 54.1 Å². The molecule has 0 saturated carbocycles. The molecule has 5 nitrogen and oxygen atoms in total. The van der Waals surface area contributed by atoms with Crippen molar-refractivity contribution in [3.8, 4) is 0 Å². The van der Waals surface area contributed by atoms with Gasteiger partial charge in [0.15, 0.2) is 0 Å². The molecule has 3 rings (SSSR count). The first-order chi connectivity index (χ1) is 14.5. The Kier molecular flexibility index (Phi) is 6.58. The molecule has 2 aromatic rings. The lowest BCUT2D eigenvalue weighted by Crippen LogP contribution is -2.35. The van der Waals surface area contributed by atoms with Crippen molar-refractivity contribution in [2.75, 3.05) is 27.2 Å². The zero-order chi connectivity index (χ0) is 22.9. The molecule has 1 amide bonds. The molecule has 1 aliphatic heterocycles. The minimum absolute atomic E-state index is 0.0193. The highest BCUT2D eigenvalue weighted by atomic mass is 35.5. The number of Topliss-reactive ketones (excluding diaryl/α,β-unsaturated/α-hetero) is 1. The second kappa shape index (κ2) is 8.85. The zero-order valence-corrected chi connectivity index (χ0v) is 19.4. The maximum atomic E-state index is 13.0. The summed E-state index contributed by atoms with van der Waals surface area (Å²) in [6.07, 6.45) is 0. The van der Waals surface area contributed by atoms with Gasteiger partial charge >= 0.3 is 0 Å². The fraction of sp³-hybridized carbons (Fsp3) is 0.360. The highest BCUT2D eigenvalue weighted by Crippen LogP contribution is 2.40. The van der Waals surface area contributed by atoms with E-state index in [-0.39, 0.29) is 16.7 Å². The lowest BCUT2D eigenvalue weighted by Gasteiger charge is -2.27. The van der Waals surface area contributed by atoms with Crippen LogP contribution in [0, 0.1) is 0 Å². The number of nitrogens with zero attached hydrogens (tertiary/aromatic N) is 2. The molecule has 1 heterocycles. The van der Waals surface area contributed by atoms with Crippen molar-refractivity contribution in [1.82, 2.24) is 9.80 Å². The Labute approximate surface area is 188 Å². The minimum Gasteiger partial charge on any atom is -0.507 e. The predicted octanol–water partition coefficient (Wildman–Crippen LogP) is 4.62. The van der Waals surface area contributed by atoms with Crippen molar-refractivity contribution < 1.29 is 14.7 Å². The molecule has 31 heavy (non-hydrogen) atoms. The summed E-state index contributed by atoms with van der Waals surface area (Å²) in [4.78, 5) is 29.4. The normalized spacial score (nSPS) is 18.8. The summed E-state index contributed by atoms with van der Waals surface area (Å²) in [6, 6.07) is 13.8. The molecule has 0 aromatic heterocycles. The van der Waals surface area contributed by atoms with Crippen LogP contribution in [0.2, 0.25) is 5.02 Å². The van der Waals surface area contributed by atoms with Crippen molar-refractivity contribution >= 4 is 29.1 Å². The number of aliphatic hydroxyl groups excluding tert-OH is 1. The van der Waals surface area contributed by atoms with Crippen molar-refractivity contribution in [1.29, 1.82) is 0 Å². The number of carbonyl (C=O) groups excluding carboxylic acids is 2. The molecule has 1 saturated heterocycles. The van der Waals surface area contributed by atoms with Gasteiger partial charge in [-0.15, -0.1) is 0 Å².